The van der Waals surface area contributed by atoms with E-state index in [9.17, 15) is 10.1 Å². The van der Waals surface area contributed by atoms with Crippen LogP contribution in [-0.4, -0.2) is 19.7 Å². The third-order valence-corrected chi connectivity index (χ3v) is 4.18. The first kappa shape index (κ1) is 17.1. The third-order valence-electron chi connectivity index (χ3n) is 3.62. The maximum atomic E-state index is 10.7. The summed E-state index contributed by atoms with van der Waals surface area (Å²) >= 11 is 12.0. The summed E-state index contributed by atoms with van der Waals surface area (Å²) in [7, 11) is 1.82. The highest BCUT2D eigenvalue weighted by atomic mass is 35.5. The Morgan fingerprint density at radius 3 is 2.44 bits per heavy atom. The smallest absolute Gasteiger partial charge is 0.269 e. The molecule has 2 aromatic carbocycles. The number of benzene rings is 2. The van der Waals surface area contributed by atoms with Gasteiger partial charge in [0.2, 0.25) is 0 Å². The van der Waals surface area contributed by atoms with Gasteiger partial charge in [0.25, 0.3) is 5.69 Å². The largest absolute Gasteiger partial charge is 0.311 e. The summed E-state index contributed by atoms with van der Waals surface area (Å²) in [5.41, 5.74) is 1.58. The number of non-ortho nitro benzene ring substituents is 1. The monoisotopic (exact) mass is 374 g/mol. The van der Waals surface area contributed by atoms with E-state index in [1.165, 1.54) is 12.1 Å². The number of hydrogen-bond donors (Lipinski definition) is 0. The van der Waals surface area contributed by atoms with Crippen molar-refractivity contribution in [3.8, 4) is 11.4 Å². The minimum absolute atomic E-state index is 0.0309. The second-order valence-electron chi connectivity index (χ2n) is 5.24. The molecule has 0 radical (unpaired) electrons. The van der Waals surface area contributed by atoms with Crippen molar-refractivity contribution >= 4 is 41.0 Å². The molecule has 0 N–H and O–H groups in total. The van der Waals surface area contributed by atoms with Crippen LogP contribution in [0.4, 0.5) is 5.69 Å². The van der Waals surface area contributed by atoms with Crippen molar-refractivity contribution in [1.29, 1.82) is 0 Å². The molecule has 0 atom stereocenters. The van der Waals surface area contributed by atoms with Crippen molar-refractivity contribution in [2.24, 2.45) is 7.05 Å². The number of nitro groups is 1. The second kappa shape index (κ2) is 7.04. The maximum absolute atomic E-state index is 10.7. The second-order valence-corrected chi connectivity index (χ2v) is 6.09. The number of aromatic nitrogens is 3. The molecule has 0 aliphatic carbocycles. The Morgan fingerprint density at radius 1 is 1.08 bits per heavy atom. The molecular formula is C17H12Cl2N4O2. The molecule has 0 saturated heterocycles. The first-order chi connectivity index (χ1) is 12.0. The Kier molecular flexibility index (Phi) is 4.83. The standard InChI is InChI=1S/C17H12Cl2N4O2/c1-22-16(9-5-11-2-6-13(18)10-15(11)19)20-21-17(22)12-3-7-14(8-4-12)23(24)25/h2-10H,1H3/b9-5+. The van der Waals surface area contributed by atoms with Gasteiger partial charge in [-0.1, -0.05) is 29.3 Å². The quantitative estimate of drug-likeness (QED) is 0.482. The van der Waals surface area contributed by atoms with Crippen molar-refractivity contribution in [2.75, 3.05) is 0 Å². The van der Waals surface area contributed by atoms with Gasteiger partial charge in [-0.05, 0) is 42.0 Å². The highest BCUT2D eigenvalue weighted by Crippen LogP contribution is 2.24. The van der Waals surface area contributed by atoms with E-state index in [1.807, 2.05) is 19.2 Å². The summed E-state index contributed by atoms with van der Waals surface area (Å²) in [6, 6.07) is 11.4. The fourth-order valence-electron chi connectivity index (χ4n) is 2.27. The van der Waals surface area contributed by atoms with Crippen molar-refractivity contribution in [1.82, 2.24) is 14.8 Å². The van der Waals surface area contributed by atoms with Crippen molar-refractivity contribution in [3.05, 3.63) is 74.0 Å². The van der Waals surface area contributed by atoms with Gasteiger partial charge in [0.15, 0.2) is 11.6 Å². The molecule has 8 heteroatoms. The van der Waals surface area contributed by atoms with Crippen LogP contribution >= 0.6 is 23.2 Å². The van der Waals surface area contributed by atoms with Crippen LogP contribution in [0, 0.1) is 10.1 Å². The maximum Gasteiger partial charge on any atom is 0.269 e. The molecule has 0 saturated carbocycles. The summed E-state index contributed by atoms with van der Waals surface area (Å²) in [5.74, 6) is 1.23. The number of nitro benzene ring substituents is 1. The summed E-state index contributed by atoms with van der Waals surface area (Å²) in [6.45, 7) is 0. The molecule has 0 fully saturated rings. The lowest BCUT2D eigenvalue weighted by Crippen LogP contribution is -1.95. The van der Waals surface area contributed by atoms with Crippen LogP contribution in [-0.2, 0) is 7.05 Å². The molecule has 0 spiro atoms. The Labute approximate surface area is 153 Å². The molecule has 126 valence electrons. The SMILES string of the molecule is Cn1c(/C=C/c2ccc(Cl)cc2Cl)nnc1-c1ccc([N+](=O)[O-])cc1. The van der Waals surface area contributed by atoms with E-state index in [-0.39, 0.29) is 5.69 Å². The Bertz CT molecular complexity index is 965. The number of halogens is 2. The van der Waals surface area contributed by atoms with E-state index in [4.69, 9.17) is 23.2 Å². The number of hydrogen-bond acceptors (Lipinski definition) is 4. The Balaban J connectivity index is 1.88. The summed E-state index contributed by atoms with van der Waals surface area (Å²) in [4.78, 5) is 10.3. The molecule has 0 amide bonds. The van der Waals surface area contributed by atoms with Crippen LogP contribution in [0.3, 0.4) is 0 Å². The third kappa shape index (κ3) is 3.70. The predicted octanol–water partition coefficient (Wildman–Crippen LogP) is 4.87. The fourth-order valence-corrected chi connectivity index (χ4v) is 2.74. The lowest BCUT2D eigenvalue weighted by atomic mass is 10.2. The average molecular weight is 375 g/mol. The zero-order valence-corrected chi connectivity index (χ0v) is 14.6. The van der Waals surface area contributed by atoms with Crippen LogP contribution < -0.4 is 0 Å². The minimum atomic E-state index is -0.440. The van der Waals surface area contributed by atoms with Gasteiger partial charge in [-0.3, -0.25) is 10.1 Å². The molecule has 25 heavy (non-hydrogen) atoms. The van der Waals surface area contributed by atoms with Crippen LogP contribution in [0.5, 0.6) is 0 Å². The van der Waals surface area contributed by atoms with E-state index < -0.39 is 4.92 Å². The van der Waals surface area contributed by atoms with E-state index in [0.29, 0.717) is 21.7 Å². The van der Waals surface area contributed by atoms with Crippen LogP contribution in [0.15, 0.2) is 42.5 Å². The Hall–Kier alpha value is -2.70. The lowest BCUT2D eigenvalue weighted by Gasteiger charge is -2.02. The van der Waals surface area contributed by atoms with Gasteiger partial charge < -0.3 is 4.57 Å². The molecule has 3 aromatic rings. The van der Waals surface area contributed by atoms with Crippen LogP contribution in [0.2, 0.25) is 10.0 Å². The van der Waals surface area contributed by atoms with E-state index >= 15 is 0 Å². The van der Waals surface area contributed by atoms with Crippen LogP contribution in [0.1, 0.15) is 11.4 Å². The van der Waals surface area contributed by atoms with Gasteiger partial charge in [0, 0.05) is 34.8 Å². The lowest BCUT2D eigenvalue weighted by molar-refractivity contribution is -0.384. The average Bonchev–Trinajstić information content (AvgIpc) is 2.95. The molecular weight excluding hydrogens is 363 g/mol. The molecule has 1 aromatic heterocycles. The number of rotatable bonds is 4. The highest BCUT2D eigenvalue weighted by molar-refractivity contribution is 6.35. The predicted molar refractivity (Wildman–Crippen MR) is 98.5 cm³/mol. The van der Waals surface area contributed by atoms with Crippen molar-refractivity contribution in [2.45, 2.75) is 0 Å². The number of nitrogens with zero attached hydrogens (tertiary/aromatic N) is 4. The zero-order chi connectivity index (χ0) is 18.0. The minimum Gasteiger partial charge on any atom is -0.311 e. The van der Waals surface area contributed by atoms with Crippen molar-refractivity contribution < 1.29 is 4.92 Å². The van der Waals surface area contributed by atoms with Gasteiger partial charge in [-0.2, -0.15) is 0 Å². The van der Waals surface area contributed by atoms with Gasteiger partial charge in [-0.25, -0.2) is 0 Å². The zero-order valence-electron chi connectivity index (χ0n) is 13.1. The highest BCUT2D eigenvalue weighted by Gasteiger charge is 2.11. The van der Waals surface area contributed by atoms with E-state index in [0.717, 1.165) is 11.1 Å². The fraction of sp³-hybridized carbons (Fsp3) is 0.0588. The molecule has 1 heterocycles. The van der Waals surface area contributed by atoms with Gasteiger partial charge in [0.1, 0.15) is 0 Å². The molecule has 0 aliphatic heterocycles. The van der Waals surface area contributed by atoms with Crippen molar-refractivity contribution in [3.63, 3.8) is 0 Å². The summed E-state index contributed by atoms with van der Waals surface area (Å²) in [6.07, 6.45) is 3.61. The molecule has 0 unspecified atom stereocenters. The normalized spacial score (nSPS) is 11.2. The first-order valence-electron chi connectivity index (χ1n) is 7.23. The summed E-state index contributed by atoms with van der Waals surface area (Å²) < 4.78 is 1.79. The van der Waals surface area contributed by atoms with E-state index in [1.54, 1.807) is 34.9 Å². The molecule has 3 rings (SSSR count). The van der Waals surface area contributed by atoms with Gasteiger partial charge in [0.05, 0.1) is 4.92 Å². The first-order valence-corrected chi connectivity index (χ1v) is 7.98. The van der Waals surface area contributed by atoms with Crippen LogP contribution in [0.25, 0.3) is 23.5 Å². The Morgan fingerprint density at radius 2 is 1.80 bits per heavy atom. The molecule has 0 aliphatic rings. The molecule has 0 bridgehead atoms. The summed E-state index contributed by atoms with van der Waals surface area (Å²) in [5, 5.41) is 20.1. The van der Waals surface area contributed by atoms with Gasteiger partial charge >= 0.3 is 0 Å². The topological polar surface area (TPSA) is 73.8 Å². The van der Waals surface area contributed by atoms with Gasteiger partial charge in [-0.15, -0.1) is 10.2 Å². The van der Waals surface area contributed by atoms with E-state index in [2.05, 4.69) is 10.2 Å². The molecule has 6 nitrogen and oxygen atoms in total.